The second-order valence-corrected chi connectivity index (χ2v) is 4.79. The summed E-state index contributed by atoms with van der Waals surface area (Å²) in [5, 5.41) is 2.58. The molecular weight excluding hydrogens is 263 g/mol. The highest BCUT2D eigenvalue weighted by atomic mass is 19.1. The highest BCUT2D eigenvalue weighted by Crippen LogP contribution is 2.22. The number of morpholine rings is 1. The molecule has 1 aliphatic rings. The molecule has 1 saturated heterocycles. The number of amides is 2. The van der Waals surface area contributed by atoms with Crippen LogP contribution >= 0.6 is 0 Å². The first-order valence-corrected chi connectivity index (χ1v) is 6.55. The Bertz CT molecular complexity index is 495. The molecule has 0 radical (unpaired) electrons. The molecule has 0 unspecified atom stereocenters. The molecule has 1 aliphatic heterocycles. The summed E-state index contributed by atoms with van der Waals surface area (Å²) in [6.07, 6.45) is -0.0374. The minimum absolute atomic E-state index is 0.0374. The van der Waals surface area contributed by atoms with E-state index in [0.29, 0.717) is 18.9 Å². The van der Waals surface area contributed by atoms with E-state index >= 15 is 0 Å². The van der Waals surface area contributed by atoms with Crippen molar-refractivity contribution >= 4 is 11.7 Å². The number of anilines is 1. The van der Waals surface area contributed by atoms with Crippen molar-refractivity contribution in [2.75, 3.05) is 25.6 Å². The fraction of sp³-hybridized carbons (Fsp3) is 0.500. The quantitative estimate of drug-likeness (QED) is 0.906. The Hall–Kier alpha value is -1.82. The summed E-state index contributed by atoms with van der Waals surface area (Å²) in [6.45, 7) is 4.80. The van der Waals surface area contributed by atoms with Gasteiger partial charge in [-0.25, -0.2) is 9.18 Å². The van der Waals surface area contributed by atoms with Crippen LogP contribution in [0.25, 0.3) is 0 Å². The third-order valence-electron chi connectivity index (χ3n) is 3.56. The zero-order valence-electron chi connectivity index (χ0n) is 11.9. The number of urea groups is 1. The first kappa shape index (κ1) is 14.6. The standard InChI is InChI=1S/C14H19FN2O3/c1-9-10(2)20-7-6-17(9)14(18)16-13-8-11(19-3)4-5-12(13)15/h4-5,8-10H,6-7H2,1-3H3,(H,16,18)/t9-,10-/m0/s1. The average Bonchev–Trinajstić information content (AvgIpc) is 2.44. The van der Waals surface area contributed by atoms with Gasteiger partial charge in [0.05, 0.1) is 31.5 Å². The molecule has 0 bridgehead atoms. The maximum atomic E-state index is 13.7. The molecule has 1 heterocycles. The van der Waals surface area contributed by atoms with E-state index in [9.17, 15) is 9.18 Å². The Morgan fingerprint density at radius 1 is 1.50 bits per heavy atom. The lowest BCUT2D eigenvalue weighted by atomic mass is 10.1. The highest BCUT2D eigenvalue weighted by Gasteiger charge is 2.29. The maximum Gasteiger partial charge on any atom is 0.322 e. The molecular formula is C14H19FN2O3. The monoisotopic (exact) mass is 282 g/mol. The van der Waals surface area contributed by atoms with E-state index in [2.05, 4.69) is 5.32 Å². The van der Waals surface area contributed by atoms with Crippen molar-refractivity contribution in [1.29, 1.82) is 0 Å². The number of halogens is 1. The van der Waals surface area contributed by atoms with Crippen molar-refractivity contribution < 1.29 is 18.7 Å². The molecule has 1 fully saturated rings. The molecule has 20 heavy (non-hydrogen) atoms. The predicted molar refractivity (Wildman–Crippen MR) is 73.6 cm³/mol. The number of benzene rings is 1. The number of carbonyl (C=O) groups excluding carboxylic acids is 1. The van der Waals surface area contributed by atoms with Crippen LogP contribution in [0.3, 0.4) is 0 Å². The molecule has 110 valence electrons. The van der Waals surface area contributed by atoms with Crippen LogP contribution in [0.1, 0.15) is 13.8 Å². The molecule has 1 aromatic rings. The Morgan fingerprint density at radius 3 is 2.95 bits per heavy atom. The van der Waals surface area contributed by atoms with Gasteiger partial charge in [0.2, 0.25) is 0 Å². The number of hydrogen-bond donors (Lipinski definition) is 1. The number of nitrogens with zero attached hydrogens (tertiary/aromatic N) is 1. The van der Waals surface area contributed by atoms with Gasteiger partial charge in [0.1, 0.15) is 11.6 Å². The van der Waals surface area contributed by atoms with E-state index in [4.69, 9.17) is 9.47 Å². The Morgan fingerprint density at radius 2 is 2.25 bits per heavy atom. The largest absolute Gasteiger partial charge is 0.497 e. The van der Waals surface area contributed by atoms with E-state index in [-0.39, 0.29) is 23.9 Å². The molecule has 2 amide bonds. The van der Waals surface area contributed by atoms with Gasteiger partial charge in [-0.1, -0.05) is 0 Å². The fourth-order valence-corrected chi connectivity index (χ4v) is 2.13. The lowest BCUT2D eigenvalue weighted by Crippen LogP contribution is -2.52. The van der Waals surface area contributed by atoms with Gasteiger partial charge in [-0.05, 0) is 26.0 Å². The molecule has 0 spiro atoms. The van der Waals surface area contributed by atoms with Crippen LogP contribution in [0.2, 0.25) is 0 Å². The Labute approximate surface area is 117 Å². The molecule has 1 aromatic carbocycles. The van der Waals surface area contributed by atoms with Crippen LogP contribution in [0.4, 0.5) is 14.9 Å². The van der Waals surface area contributed by atoms with Gasteiger partial charge in [0, 0.05) is 12.6 Å². The van der Waals surface area contributed by atoms with Crippen LogP contribution in [-0.4, -0.2) is 43.3 Å². The van der Waals surface area contributed by atoms with Crippen molar-refractivity contribution in [3.63, 3.8) is 0 Å². The SMILES string of the molecule is COc1ccc(F)c(NC(=O)N2CCO[C@@H](C)[C@@H]2C)c1. The second-order valence-electron chi connectivity index (χ2n) is 4.79. The summed E-state index contributed by atoms with van der Waals surface area (Å²) in [6, 6.07) is 3.84. The smallest absolute Gasteiger partial charge is 0.322 e. The van der Waals surface area contributed by atoms with Crippen LogP contribution in [0.15, 0.2) is 18.2 Å². The molecule has 1 N–H and O–H groups in total. The van der Waals surface area contributed by atoms with Crippen LogP contribution in [0, 0.1) is 5.82 Å². The fourth-order valence-electron chi connectivity index (χ4n) is 2.13. The van der Waals surface area contributed by atoms with Crippen LogP contribution in [-0.2, 0) is 4.74 Å². The number of methoxy groups -OCH3 is 1. The van der Waals surface area contributed by atoms with Crippen molar-refractivity contribution in [3.8, 4) is 5.75 Å². The van der Waals surface area contributed by atoms with Crippen molar-refractivity contribution in [1.82, 2.24) is 4.90 Å². The molecule has 2 atom stereocenters. The first-order valence-electron chi connectivity index (χ1n) is 6.55. The molecule has 0 aliphatic carbocycles. The third-order valence-corrected chi connectivity index (χ3v) is 3.56. The lowest BCUT2D eigenvalue weighted by molar-refractivity contribution is -0.0355. The van der Waals surface area contributed by atoms with E-state index < -0.39 is 5.82 Å². The number of nitrogens with one attached hydrogen (secondary N) is 1. The van der Waals surface area contributed by atoms with Gasteiger partial charge < -0.3 is 19.7 Å². The normalized spacial score (nSPS) is 22.5. The second kappa shape index (κ2) is 6.09. The van der Waals surface area contributed by atoms with E-state index in [1.54, 1.807) is 4.90 Å². The molecule has 6 heteroatoms. The topological polar surface area (TPSA) is 50.8 Å². The van der Waals surface area contributed by atoms with Gasteiger partial charge in [-0.3, -0.25) is 0 Å². The van der Waals surface area contributed by atoms with Gasteiger partial charge in [0.15, 0.2) is 0 Å². The highest BCUT2D eigenvalue weighted by molar-refractivity contribution is 5.90. The summed E-state index contributed by atoms with van der Waals surface area (Å²) in [5.41, 5.74) is 0.112. The van der Waals surface area contributed by atoms with Crippen molar-refractivity contribution in [2.24, 2.45) is 0 Å². The number of ether oxygens (including phenoxy) is 2. The zero-order valence-corrected chi connectivity index (χ0v) is 11.9. The van der Waals surface area contributed by atoms with Gasteiger partial charge in [-0.15, -0.1) is 0 Å². The van der Waals surface area contributed by atoms with E-state index in [1.807, 2.05) is 13.8 Å². The first-order chi connectivity index (χ1) is 9.52. The summed E-state index contributed by atoms with van der Waals surface area (Å²) < 4.78 is 24.2. The van der Waals surface area contributed by atoms with Crippen molar-refractivity contribution in [2.45, 2.75) is 26.0 Å². The number of hydrogen-bond acceptors (Lipinski definition) is 3. The zero-order chi connectivity index (χ0) is 14.7. The van der Waals surface area contributed by atoms with E-state index in [1.165, 1.54) is 25.3 Å². The molecule has 2 rings (SSSR count). The third kappa shape index (κ3) is 3.01. The Kier molecular flexibility index (Phi) is 4.44. The van der Waals surface area contributed by atoms with E-state index in [0.717, 1.165) is 0 Å². The number of carbonyl (C=O) groups is 1. The number of rotatable bonds is 2. The van der Waals surface area contributed by atoms with Gasteiger partial charge in [-0.2, -0.15) is 0 Å². The molecule has 0 saturated carbocycles. The van der Waals surface area contributed by atoms with Gasteiger partial charge >= 0.3 is 6.03 Å². The minimum atomic E-state index is -0.492. The summed E-state index contributed by atoms with van der Waals surface area (Å²) in [4.78, 5) is 13.9. The molecule has 0 aromatic heterocycles. The minimum Gasteiger partial charge on any atom is -0.497 e. The molecule has 5 nitrogen and oxygen atoms in total. The van der Waals surface area contributed by atoms with Gasteiger partial charge in [0.25, 0.3) is 0 Å². The average molecular weight is 282 g/mol. The predicted octanol–water partition coefficient (Wildman–Crippen LogP) is 2.48. The van der Waals surface area contributed by atoms with Crippen LogP contribution < -0.4 is 10.1 Å². The summed E-state index contributed by atoms with van der Waals surface area (Å²) in [7, 11) is 1.49. The maximum absolute atomic E-state index is 13.7. The lowest BCUT2D eigenvalue weighted by Gasteiger charge is -2.37. The van der Waals surface area contributed by atoms with Crippen molar-refractivity contribution in [3.05, 3.63) is 24.0 Å². The summed E-state index contributed by atoms with van der Waals surface area (Å²) in [5.74, 6) is -0.00166. The Balaban J connectivity index is 2.11. The summed E-state index contributed by atoms with van der Waals surface area (Å²) >= 11 is 0. The van der Waals surface area contributed by atoms with Crippen LogP contribution in [0.5, 0.6) is 5.75 Å².